The van der Waals surface area contributed by atoms with Gasteiger partial charge in [0, 0.05) is 28.5 Å². The molecule has 32 heavy (non-hydrogen) atoms. The molecule has 2 aromatic carbocycles. The van der Waals surface area contributed by atoms with Crippen LogP contribution in [0.2, 0.25) is 10.0 Å². The van der Waals surface area contributed by atoms with E-state index in [0.717, 1.165) is 0 Å². The molecule has 2 rings (SSSR count). The molecular weight excluding hydrogens is 461 g/mol. The van der Waals surface area contributed by atoms with Crippen LogP contribution in [0.3, 0.4) is 0 Å². The van der Waals surface area contributed by atoms with E-state index in [9.17, 15) is 19.2 Å². The smallest absolute Gasteiger partial charge is 0.306 e. The molecule has 0 atom stereocenters. The summed E-state index contributed by atoms with van der Waals surface area (Å²) in [5, 5.41) is 3.57. The molecule has 11 heteroatoms. The second-order valence-corrected chi connectivity index (χ2v) is 7.29. The number of benzene rings is 2. The highest BCUT2D eigenvalue weighted by atomic mass is 35.5. The van der Waals surface area contributed by atoms with Crippen LogP contribution in [0.5, 0.6) is 5.75 Å². The molecule has 9 nitrogen and oxygen atoms in total. The van der Waals surface area contributed by atoms with Gasteiger partial charge in [0.05, 0.1) is 12.8 Å². The van der Waals surface area contributed by atoms with E-state index >= 15 is 0 Å². The molecule has 0 heterocycles. The summed E-state index contributed by atoms with van der Waals surface area (Å²) in [6, 6.07) is 10.9. The number of hydrazine groups is 1. The number of halogens is 2. The highest BCUT2D eigenvalue weighted by Gasteiger charge is 2.12. The number of hydrogen-bond donors (Lipinski definition) is 3. The topological polar surface area (TPSA) is 123 Å². The van der Waals surface area contributed by atoms with E-state index in [1.54, 1.807) is 18.2 Å². The van der Waals surface area contributed by atoms with Crippen LogP contribution in [0.4, 0.5) is 5.69 Å². The Bertz CT molecular complexity index is 982. The lowest BCUT2D eigenvalue weighted by molar-refractivity contribution is -0.148. The Balaban J connectivity index is 1.64. The Labute approximate surface area is 194 Å². The first-order valence-electron chi connectivity index (χ1n) is 9.42. The summed E-state index contributed by atoms with van der Waals surface area (Å²) in [6.45, 7) is -0.578. The van der Waals surface area contributed by atoms with Crippen molar-refractivity contribution in [2.24, 2.45) is 0 Å². The standard InChI is InChI=1S/C21H21Cl2N3O6/c1-31-17-10-9-15(23)11-16(17)24-18(27)3-2-4-20(29)32-12-19(28)25-26-21(30)13-5-7-14(22)8-6-13/h5-11H,2-4,12H2,1H3,(H,24,27)(H,25,28)(H,26,30). The number of carbonyl (C=O) groups excluding carboxylic acids is 4. The minimum atomic E-state index is -0.716. The SMILES string of the molecule is COc1ccc(Cl)cc1NC(=O)CCCC(=O)OCC(=O)NNC(=O)c1ccc(Cl)cc1. The van der Waals surface area contributed by atoms with Crippen molar-refractivity contribution in [3.05, 3.63) is 58.1 Å². The molecule has 0 bridgehead atoms. The zero-order valence-corrected chi connectivity index (χ0v) is 18.6. The molecule has 0 aliphatic rings. The van der Waals surface area contributed by atoms with E-state index in [1.807, 2.05) is 0 Å². The largest absolute Gasteiger partial charge is 0.495 e. The van der Waals surface area contributed by atoms with Gasteiger partial charge in [0.2, 0.25) is 5.91 Å². The molecule has 0 aromatic heterocycles. The van der Waals surface area contributed by atoms with Crippen molar-refractivity contribution < 1.29 is 28.7 Å². The van der Waals surface area contributed by atoms with Gasteiger partial charge in [-0.2, -0.15) is 0 Å². The number of methoxy groups -OCH3 is 1. The molecule has 0 unspecified atom stereocenters. The van der Waals surface area contributed by atoms with Crippen LogP contribution in [0.1, 0.15) is 29.6 Å². The maximum Gasteiger partial charge on any atom is 0.306 e. The minimum Gasteiger partial charge on any atom is -0.495 e. The van der Waals surface area contributed by atoms with Crippen molar-refractivity contribution in [1.82, 2.24) is 10.9 Å². The third-order valence-corrected chi connectivity index (χ3v) is 4.49. The number of anilines is 1. The summed E-state index contributed by atoms with van der Waals surface area (Å²) < 4.78 is 9.97. The lowest BCUT2D eigenvalue weighted by Gasteiger charge is -2.10. The number of amides is 3. The van der Waals surface area contributed by atoms with Crippen molar-refractivity contribution in [2.75, 3.05) is 19.0 Å². The maximum absolute atomic E-state index is 12.1. The highest BCUT2D eigenvalue weighted by Crippen LogP contribution is 2.27. The number of carbonyl (C=O) groups is 4. The molecule has 0 aliphatic heterocycles. The van der Waals surface area contributed by atoms with Gasteiger partial charge in [0.15, 0.2) is 6.61 Å². The fraction of sp³-hybridized carbons (Fsp3) is 0.238. The number of hydrogen-bond acceptors (Lipinski definition) is 6. The first kappa shape index (κ1) is 25.0. The average molecular weight is 482 g/mol. The van der Waals surface area contributed by atoms with E-state index in [1.165, 1.54) is 31.4 Å². The van der Waals surface area contributed by atoms with Crippen LogP contribution in [-0.2, 0) is 19.1 Å². The summed E-state index contributed by atoms with van der Waals surface area (Å²) in [6.07, 6.45) is 0.196. The van der Waals surface area contributed by atoms with Gasteiger partial charge in [-0.15, -0.1) is 0 Å². The average Bonchev–Trinajstić information content (AvgIpc) is 2.76. The lowest BCUT2D eigenvalue weighted by atomic mass is 10.2. The van der Waals surface area contributed by atoms with Crippen molar-refractivity contribution >= 4 is 52.6 Å². The predicted octanol–water partition coefficient (Wildman–Crippen LogP) is 3.12. The molecule has 0 aliphatic carbocycles. The third-order valence-electron chi connectivity index (χ3n) is 4.01. The van der Waals surface area contributed by atoms with E-state index in [4.69, 9.17) is 32.7 Å². The highest BCUT2D eigenvalue weighted by molar-refractivity contribution is 6.31. The second kappa shape index (κ2) is 12.5. The Morgan fingerprint density at radius 1 is 0.875 bits per heavy atom. The molecule has 3 amide bonds. The van der Waals surface area contributed by atoms with Crippen molar-refractivity contribution in [3.8, 4) is 5.75 Å². The molecule has 0 radical (unpaired) electrons. The van der Waals surface area contributed by atoms with Gasteiger partial charge in [0.25, 0.3) is 11.8 Å². The number of esters is 1. The Kier molecular flexibility index (Phi) is 9.77. The van der Waals surface area contributed by atoms with Crippen molar-refractivity contribution in [3.63, 3.8) is 0 Å². The van der Waals surface area contributed by atoms with Crippen LogP contribution >= 0.6 is 23.2 Å². The molecule has 0 saturated carbocycles. The Morgan fingerprint density at radius 2 is 1.56 bits per heavy atom. The predicted molar refractivity (Wildman–Crippen MR) is 119 cm³/mol. The summed E-state index contributed by atoms with van der Waals surface area (Å²) in [4.78, 5) is 47.4. The van der Waals surface area contributed by atoms with Gasteiger partial charge in [-0.05, 0) is 48.9 Å². The molecular formula is C21H21Cl2N3O6. The van der Waals surface area contributed by atoms with E-state index < -0.39 is 24.4 Å². The molecule has 170 valence electrons. The van der Waals surface area contributed by atoms with Crippen LogP contribution in [0.25, 0.3) is 0 Å². The van der Waals surface area contributed by atoms with Crippen LogP contribution < -0.4 is 20.9 Å². The molecule has 3 N–H and O–H groups in total. The minimum absolute atomic E-state index is 0.0497. The Hall–Kier alpha value is -3.30. The van der Waals surface area contributed by atoms with Crippen molar-refractivity contribution in [1.29, 1.82) is 0 Å². The van der Waals surface area contributed by atoms with E-state index in [-0.39, 0.29) is 25.2 Å². The zero-order valence-electron chi connectivity index (χ0n) is 17.1. The second-order valence-electron chi connectivity index (χ2n) is 6.42. The normalized spacial score (nSPS) is 10.1. The van der Waals surface area contributed by atoms with Gasteiger partial charge >= 0.3 is 5.97 Å². The van der Waals surface area contributed by atoms with E-state index in [0.29, 0.717) is 27.0 Å². The monoisotopic (exact) mass is 481 g/mol. The van der Waals surface area contributed by atoms with Gasteiger partial charge in [-0.1, -0.05) is 23.2 Å². The molecule has 0 saturated heterocycles. The summed E-state index contributed by atoms with van der Waals surface area (Å²) in [5.41, 5.74) is 5.04. The first-order valence-corrected chi connectivity index (χ1v) is 10.2. The maximum atomic E-state index is 12.1. The van der Waals surface area contributed by atoms with E-state index in [2.05, 4.69) is 16.2 Å². The number of nitrogens with one attached hydrogen (secondary N) is 3. The van der Waals surface area contributed by atoms with Gasteiger partial charge in [0.1, 0.15) is 5.75 Å². The Morgan fingerprint density at radius 3 is 2.25 bits per heavy atom. The summed E-state index contributed by atoms with van der Waals surface area (Å²) >= 11 is 11.7. The fourth-order valence-electron chi connectivity index (χ4n) is 2.44. The van der Waals surface area contributed by atoms with Gasteiger partial charge < -0.3 is 14.8 Å². The number of rotatable bonds is 9. The first-order chi connectivity index (χ1) is 15.3. The van der Waals surface area contributed by atoms with Crippen LogP contribution in [-0.4, -0.2) is 37.4 Å². The van der Waals surface area contributed by atoms with Gasteiger partial charge in [-0.25, -0.2) is 0 Å². The molecule has 0 spiro atoms. The zero-order chi connectivity index (χ0) is 23.5. The molecule has 2 aromatic rings. The third kappa shape index (κ3) is 8.44. The summed E-state index contributed by atoms with van der Waals surface area (Å²) in [5.74, 6) is -1.80. The van der Waals surface area contributed by atoms with Crippen LogP contribution in [0.15, 0.2) is 42.5 Å². The lowest BCUT2D eigenvalue weighted by Crippen LogP contribution is -2.43. The number of ether oxygens (including phenoxy) is 2. The van der Waals surface area contributed by atoms with Crippen LogP contribution in [0, 0.1) is 0 Å². The quantitative estimate of drug-likeness (QED) is 0.373. The van der Waals surface area contributed by atoms with Gasteiger partial charge in [-0.3, -0.25) is 30.0 Å². The summed E-state index contributed by atoms with van der Waals surface area (Å²) in [7, 11) is 1.47. The van der Waals surface area contributed by atoms with Crippen molar-refractivity contribution in [2.45, 2.75) is 19.3 Å². The molecule has 0 fully saturated rings. The fourth-order valence-corrected chi connectivity index (χ4v) is 2.74.